The molecule has 0 amide bonds. The monoisotopic (exact) mass is 342 g/mol. The van der Waals surface area contributed by atoms with Crippen molar-refractivity contribution in [1.29, 1.82) is 5.26 Å². The van der Waals surface area contributed by atoms with E-state index in [9.17, 15) is 15.2 Å². The second kappa shape index (κ2) is 8.08. The number of methoxy groups -OCH3 is 2. The van der Waals surface area contributed by atoms with E-state index in [2.05, 4.69) is 10.2 Å². The van der Waals surface area contributed by atoms with Gasteiger partial charge in [-0.1, -0.05) is 12.1 Å². The maximum atomic E-state index is 12.6. The standard InChI is InChI=1S/C17H18N4O4/c1-11-12(10-18)16(22)21(8-9-24-2)17(23)15(11)20-19-13-6-4-5-7-14(13)25-3/h4-7,22H,8-9H2,1-3H3. The normalized spacial score (nSPS) is 10.8. The van der Waals surface area contributed by atoms with Crippen molar-refractivity contribution in [2.75, 3.05) is 20.8 Å². The lowest BCUT2D eigenvalue weighted by atomic mass is 10.1. The highest BCUT2D eigenvalue weighted by Crippen LogP contribution is 2.30. The van der Waals surface area contributed by atoms with Crippen LogP contribution in [0.2, 0.25) is 0 Å². The molecule has 0 saturated carbocycles. The fourth-order valence-electron chi connectivity index (χ4n) is 2.26. The molecule has 1 aromatic carbocycles. The molecule has 0 bridgehead atoms. The highest BCUT2D eigenvalue weighted by molar-refractivity contribution is 5.57. The second-order valence-corrected chi connectivity index (χ2v) is 5.11. The Morgan fingerprint density at radius 1 is 1.28 bits per heavy atom. The number of azo groups is 1. The average molecular weight is 342 g/mol. The topological polar surface area (TPSA) is 109 Å². The molecule has 2 rings (SSSR count). The summed E-state index contributed by atoms with van der Waals surface area (Å²) >= 11 is 0. The summed E-state index contributed by atoms with van der Waals surface area (Å²) in [6.07, 6.45) is 0. The number of nitriles is 1. The number of para-hydroxylation sites is 1. The van der Waals surface area contributed by atoms with Crippen molar-refractivity contribution in [3.05, 3.63) is 45.7 Å². The van der Waals surface area contributed by atoms with E-state index in [1.807, 2.05) is 6.07 Å². The van der Waals surface area contributed by atoms with E-state index in [0.717, 1.165) is 4.57 Å². The SMILES string of the molecule is COCCn1c(O)c(C#N)c(C)c(N=Nc2ccccc2OC)c1=O. The highest BCUT2D eigenvalue weighted by Gasteiger charge is 2.19. The third kappa shape index (κ3) is 3.67. The zero-order valence-electron chi connectivity index (χ0n) is 14.2. The van der Waals surface area contributed by atoms with Gasteiger partial charge in [-0.2, -0.15) is 5.26 Å². The smallest absolute Gasteiger partial charge is 0.281 e. The maximum Gasteiger partial charge on any atom is 0.281 e. The Kier molecular flexibility index (Phi) is 5.87. The van der Waals surface area contributed by atoms with Gasteiger partial charge in [-0.3, -0.25) is 9.36 Å². The molecule has 0 atom stereocenters. The van der Waals surface area contributed by atoms with Crippen molar-refractivity contribution in [1.82, 2.24) is 4.57 Å². The number of hydrogen-bond donors (Lipinski definition) is 1. The van der Waals surface area contributed by atoms with Crippen LogP contribution >= 0.6 is 0 Å². The lowest BCUT2D eigenvalue weighted by Crippen LogP contribution is -2.23. The minimum Gasteiger partial charge on any atom is -0.494 e. The molecule has 1 N–H and O–H groups in total. The summed E-state index contributed by atoms with van der Waals surface area (Å²) in [4.78, 5) is 12.6. The van der Waals surface area contributed by atoms with Crippen molar-refractivity contribution in [3.63, 3.8) is 0 Å². The molecule has 130 valence electrons. The number of benzene rings is 1. The molecule has 0 aliphatic heterocycles. The third-order valence-electron chi connectivity index (χ3n) is 3.63. The summed E-state index contributed by atoms with van der Waals surface area (Å²) < 4.78 is 11.2. The summed E-state index contributed by atoms with van der Waals surface area (Å²) in [6.45, 7) is 1.83. The van der Waals surface area contributed by atoms with Crippen molar-refractivity contribution in [2.45, 2.75) is 13.5 Å². The predicted molar refractivity (Wildman–Crippen MR) is 90.9 cm³/mol. The molecule has 25 heavy (non-hydrogen) atoms. The van der Waals surface area contributed by atoms with E-state index < -0.39 is 11.4 Å². The third-order valence-corrected chi connectivity index (χ3v) is 3.63. The zero-order chi connectivity index (χ0) is 18.4. The first-order chi connectivity index (χ1) is 12.0. The van der Waals surface area contributed by atoms with E-state index in [1.165, 1.54) is 21.1 Å². The van der Waals surface area contributed by atoms with Crippen LogP contribution in [0.5, 0.6) is 11.6 Å². The van der Waals surface area contributed by atoms with Crippen molar-refractivity contribution in [2.24, 2.45) is 10.2 Å². The van der Waals surface area contributed by atoms with Gasteiger partial charge in [0.25, 0.3) is 5.56 Å². The average Bonchev–Trinajstić information content (AvgIpc) is 2.62. The molecular formula is C17H18N4O4. The summed E-state index contributed by atoms with van der Waals surface area (Å²) in [5.41, 5.74) is 0.113. The second-order valence-electron chi connectivity index (χ2n) is 5.11. The molecule has 0 spiro atoms. The van der Waals surface area contributed by atoms with E-state index in [1.54, 1.807) is 24.3 Å². The Hall–Kier alpha value is -3.18. The Balaban J connectivity index is 2.59. The molecule has 0 radical (unpaired) electrons. The number of hydrogen-bond acceptors (Lipinski definition) is 7. The number of aromatic nitrogens is 1. The molecule has 0 unspecified atom stereocenters. The van der Waals surface area contributed by atoms with Crippen LogP contribution in [0.1, 0.15) is 11.1 Å². The Bertz CT molecular complexity index is 897. The summed E-state index contributed by atoms with van der Waals surface area (Å²) in [5, 5.41) is 27.5. The summed E-state index contributed by atoms with van der Waals surface area (Å²) in [6, 6.07) is 8.85. The maximum absolute atomic E-state index is 12.6. The van der Waals surface area contributed by atoms with Crippen LogP contribution in [0.15, 0.2) is 39.3 Å². The van der Waals surface area contributed by atoms with Crippen LogP contribution in [-0.4, -0.2) is 30.5 Å². The lowest BCUT2D eigenvalue weighted by molar-refractivity contribution is 0.182. The van der Waals surface area contributed by atoms with E-state index in [0.29, 0.717) is 11.4 Å². The van der Waals surface area contributed by atoms with Gasteiger partial charge in [0.15, 0.2) is 5.69 Å². The first-order valence-corrected chi connectivity index (χ1v) is 7.45. The quantitative estimate of drug-likeness (QED) is 0.812. The van der Waals surface area contributed by atoms with Crippen LogP contribution in [0, 0.1) is 18.3 Å². The van der Waals surface area contributed by atoms with Gasteiger partial charge in [0.05, 0.1) is 20.3 Å². The molecule has 8 nitrogen and oxygen atoms in total. The van der Waals surface area contributed by atoms with E-state index in [4.69, 9.17) is 9.47 Å². The van der Waals surface area contributed by atoms with Gasteiger partial charge in [-0.15, -0.1) is 10.2 Å². The molecule has 0 aliphatic rings. The van der Waals surface area contributed by atoms with Gasteiger partial charge in [-0.05, 0) is 19.1 Å². The Labute approximate surface area is 144 Å². The predicted octanol–water partition coefficient (Wildman–Crippen LogP) is 2.80. The van der Waals surface area contributed by atoms with Crippen LogP contribution < -0.4 is 10.3 Å². The largest absolute Gasteiger partial charge is 0.494 e. The summed E-state index contributed by atoms with van der Waals surface area (Å²) in [7, 11) is 2.98. The van der Waals surface area contributed by atoms with Gasteiger partial charge < -0.3 is 14.6 Å². The van der Waals surface area contributed by atoms with Crippen molar-refractivity contribution < 1.29 is 14.6 Å². The van der Waals surface area contributed by atoms with Gasteiger partial charge in [0, 0.05) is 12.7 Å². The first kappa shape index (κ1) is 18.2. The molecule has 0 aliphatic carbocycles. The first-order valence-electron chi connectivity index (χ1n) is 7.45. The molecule has 1 heterocycles. The highest BCUT2D eigenvalue weighted by atomic mass is 16.5. The van der Waals surface area contributed by atoms with Crippen molar-refractivity contribution >= 4 is 11.4 Å². The number of nitrogens with zero attached hydrogens (tertiary/aromatic N) is 4. The Morgan fingerprint density at radius 2 is 2.00 bits per heavy atom. The van der Waals surface area contributed by atoms with Crippen LogP contribution in [0.3, 0.4) is 0 Å². The minimum absolute atomic E-state index is 0.0173. The Morgan fingerprint density at radius 3 is 2.64 bits per heavy atom. The molecule has 1 aromatic heterocycles. The number of pyridine rings is 1. The van der Waals surface area contributed by atoms with Crippen LogP contribution in [0.4, 0.5) is 11.4 Å². The number of aromatic hydroxyl groups is 1. The van der Waals surface area contributed by atoms with E-state index >= 15 is 0 Å². The van der Waals surface area contributed by atoms with Crippen molar-refractivity contribution in [3.8, 4) is 17.7 Å². The lowest BCUT2D eigenvalue weighted by Gasteiger charge is -2.12. The van der Waals surface area contributed by atoms with Crippen LogP contribution in [-0.2, 0) is 11.3 Å². The molecule has 0 fully saturated rings. The fraction of sp³-hybridized carbons (Fsp3) is 0.294. The minimum atomic E-state index is -0.551. The molecule has 2 aromatic rings. The molecule has 8 heteroatoms. The van der Waals surface area contributed by atoms with Gasteiger partial charge in [0.2, 0.25) is 5.88 Å². The zero-order valence-corrected chi connectivity index (χ0v) is 14.2. The van der Waals surface area contributed by atoms with Gasteiger partial charge in [0.1, 0.15) is 23.1 Å². The molecular weight excluding hydrogens is 324 g/mol. The van der Waals surface area contributed by atoms with Gasteiger partial charge in [-0.25, -0.2) is 0 Å². The van der Waals surface area contributed by atoms with Gasteiger partial charge >= 0.3 is 0 Å². The number of ether oxygens (including phenoxy) is 2. The fourth-order valence-corrected chi connectivity index (χ4v) is 2.26. The van der Waals surface area contributed by atoms with E-state index in [-0.39, 0.29) is 30.0 Å². The number of rotatable bonds is 6. The molecule has 0 saturated heterocycles. The van der Waals surface area contributed by atoms with Crippen LogP contribution in [0.25, 0.3) is 0 Å². The summed E-state index contributed by atoms with van der Waals surface area (Å²) in [5.74, 6) is 0.0983.